The van der Waals surface area contributed by atoms with Crippen LogP contribution in [0.1, 0.15) is 68.2 Å². The van der Waals surface area contributed by atoms with E-state index in [-0.39, 0.29) is 23.3 Å². The highest BCUT2D eigenvalue weighted by Gasteiger charge is 2.31. The maximum atomic E-state index is 12.4. The van der Waals surface area contributed by atoms with Crippen molar-refractivity contribution in [3.63, 3.8) is 0 Å². The van der Waals surface area contributed by atoms with E-state index in [2.05, 4.69) is 50.0 Å². The molecule has 1 amide bonds. The quantitative estimate of drug-likeness (QED) is 0.451. The summed E-state index contributed by atoms with van der Waals surface area (Å²) in [6, 6.07) is 8.82. The van der Waals surface area contributed by atoms with E-state index in [1.54, 1.807) is 24.1 Å². The summed E-state index contributed by atoms with van der Waals surface area (Å²) in [5.74, 6) is 0.573. The number of thiazole rings is 1. The van der Waals surface area contributed by atoms with E-state index in [0.717, 1.165) is 16.5 Å². The van der Waals surface area contributed by atoms with E-state index in [1.807, 2.05) is 4.90 Å². The fraction of sp³-hybridized carbons (Fsp3) is 0.500. The second-order valence-corrected chi connectivity index (χ2v) is 10.3. The normalized spacial score (nSPS) is 17.0. The molecule has 1 aliphatic rings. The molecule has 3 rings (SSSR count). The average molecular weight is 433 g/mol. The van der Waals surface area contributed by atoms with Crippen LogP contribution in [-0.4, -0.2) is 40.7 Å². The second-order valence-electron chi connectivity index (χ2n) is 8.08. The van der Waals surface area contributed by atoms with E-state index in [0.29, 0.717) is 25.3 Å². The van der Waals surface area contributed by atoms with Crippen LogP contribution in [0.3, 0.4) is 0 Å². The third-order valence-corrected chi connectivity index (χ3v) is 7.02. The van der Waals surface area contributed by atoms with Crippen molar-refractivity contribution < 1.29 is 14.3 Å². The Morgan fingerprint density at radius 2 is 2.03 bits per heavy atom. The molecule has 0 bridgehead atoms. The molecule has 1 fully saturated rings. The standard InChI is InChI=1S/C22H28N2O3S2/c1-5-27-20(26)17-14-29-21(23-17)28-13-12-24-18(10-11-19(24)25)15-6-8-16(9-7-15)22(2,3)4/h6-9,14,18H,5,10-13H2,1-4H3. The molecule has 1 aliphatic heterocycles. The number of carbonyl (C=O) groups is 2. The lowest BCUT2D eigenvalue weighted by Crippen LogP contribution is -2.30. The topological polar surface area (TPSA) is 59.5 Å². The van der Waals surface area contributed by atoms with Gasteiger partial charge in [-0.25, -0.2) is 9.78 Å². The van der Waals surface area contributed by atoms with Crippen LogP contribution in [0.2, 0.25) is 0 Å². The van der Waals surface area contributed by atoms with Crippen molar-refractivity contribution in [1.29, 1.82) is 0 Å². The van der Waals surface area contributed by atoms with Crippen LogP contribution in [0.15, 0.2) is 34.0 Å². The van der Waals surface area contributed by atoms with Crippen molar-refractivity contribution in [2.45, 2.75) is 56.3 Å². The molecule has 0 spiro atoms. The summed E-state index contributed by atoms with van der Waals surface area (Å²) in [5, 5.41) is 1.72. The number of ether oxygens (including phenoxy) is 1. The van der Waals surface area contributed by atoms with Crippen LogP contribution in [0.25, 0.3) is 0 Å². The number of hydrogen-bond donors (Lipinski definition) is 0. The maximum absolute atomic E-state index is 12.4. The Hall–Kier alpha value is -1.86. The van der Waals surface area contributed by atoms with E-state index >= 15 is 0 Å². The van der Waals surface area contributed by atoms with E-state index in [9.17, 15) is 9.59 Å². The number of likely N-dealkylation sites (tertiary alicyclic amines) is 1. The zero-order valence-corrected chi connectivity index (χ0v) is 19.1. The molecule has 0 aliphatic carbocycles. The minimum atomic E-state index is -0.385. The molecule has 0 radical (unpaired) electrons. The van der Waals surface area contributed by atoms with Gasteiger partial charge in [0.25, 0.3) is 0 Å². The number of amides is 1. The third-order valence-electron chi connectivity index (χ3n) is 5.02. The summed E-state index contributed by atoms with van der Waals surface area (Å²) in [6.45, 7) is 9.40. The van der Waals surface area contributed by atoms with Crippen molar-refractivity contribution >= 4 is 35.0 Å². The summed E-state index contributed by atoms with van der Waals surface area (Å²) in [7, 11) is 0. The fourth-order valence-electron chi connectivity index (χ4n) is 3.42. The number of thioether (sulfide) groups is 1. The van der Waals surface area contributed by atoms with Gasteiger partial charge in [0, 0.05) is 24.1 Å². The Morgan fingerprint density at radius 3 is 2.69 bits per heavy atom. The number of nitrogens with zero attached hydrogens (tertiary/aromatic N) is 2. The smallest absolute Gasteiger partial charge is 0.357 e. The van der Waals surface area contributed by atoms with Crippen LogP contribution in [0.4, 0.5) is 0 Å². The number of esters is 1. The second kappa shape index (κ2) is 9.30. The largest absolute Gasteiger partial charge is 0.461 e. The Balaban J connectivity index is 1.59. The molecule has 1 saturated heterocycles. The minimum absolute atomic E-state index is 0.121. The van der Waals surface area contributed by atoms with Gasteiger partial charge >= 0.3 is 5.97 Å². The predicted molar refractivity (Wildman–Crippen MR) is 118 cm³/mol. The molecular weight excluding hydrogens is 404 g/mol. The van der Waals surface area contributed by atoms with Crippen molar-refractivity contribution in [2.75, 3.05) is 18.9 Å². The number of rotatable bonds is 7. The zero-order valence-electron chi connectivity index (χ0n) is 17.4. The molecular formula is C22H28N2O3S2. The lowest BCUT2D eigenvalue weighted by Gasteiger charge is -2.26. The summed E-state index contributed by atoms with van der Waals surface area (Å²) in [4.78, 5) is 30.5. The molecule has 156 valence electrons. The maximum Gasteiger partial charge on any atom is 0.357 e. The van der Waals surface area contributed by atoms with Gasteiger partial charge < -0.3 is 9.64 Å². The predicted octanol–water partition coefficient (Wildman–Crippen LogP) is 5.07. The first-order valence-electron chi connectivity index (χ1n) is 9.95. The lowest BCUT2D eigenvalue weighted by molar-refractivity contribution is -0.128. The molecule has 1 unspecified atom stereocenters. The highest BCUT2D eigenvalue weighted by molar-refractivity contribution is 8.01. The molecule has 29 heavy (non-hydrogen) atoms. The van der Waals surface area contributed by atoms with Gasteiger partial charge in [0.05, 0.1) is 12.6 Å². The van der Waals surface area contributed by atoms with Gasteiger partial charge in [-0.2, -0.15) is 0 Å². The average Bonchev–Trinajstić information content (AvgIpc) is 3.29. The first-order valence-corrected chi connectivity index (χ1v) is 11.8. The first-order chi connectivity index (χ1) is 13.8. The van der Waals surface area contributed by atoms with Gasteiger partial charge in [-0.05, 0) is 29.9 Å². The third kappa shape index (κ3) is 5.39. The highest BCUT2D eigenvalue weighted by Crippen LogP contribution is 2.34. The lowest BCUT2D eigenvalue weighted by atomic mass is 9.86. The van der Waals surface area contributed by atoms with Crippen molar-refractivity contribution in [3.8, 4) is 0 Å². The van der Waals surface area contributed by atoms with Gasteiger partial charge in [0.2, 0.25) is 5.91 Å². The molecule has 1 atom stereocenters. The molecule has 1 aromatic carbocycles. The highest BCUT2D eigenvalue weighted by atomic mass is 32.2. The van der Waals surface area contributed by atoms with Gasteiger partial charge in [-0.15, -0.1) is 11.3 Å². The molecule has 2 aromatic rings. The van der Waals surface area contributed by atoms with Gasteiger partial charge in [-0.1, -0.05) is 56.8 Å². The Morgan fingerprint density at radius 1 is 1.31 bits per heavy atom. The van der Waals surface area contributed by atoms with Crippen LogP contribution in [-0.2, 0) is 14.9 Å². The Labute approximate surface area is 180 Å². The van der Waals surface area contributed by atoms with Crippen LogP contribution < -0.4 is 0 Å². The fourth-order valence-corrected chi connectivity index (χ4v) is 5.22. The summed E-state index contributed by atoms with van der Waals surface area (Å²) in [6.07, 6.45) is 1.46. The monoisotopic (exact) mass is 432 g/mol. The number of benzene rings is 1. The minimum Gasteiger partial charge on any atom is -0.461 e. The number of hydrogen-bond acceptors (Lipinski definition) is 6. The van der Waals surface area contributed by atoms with Crippen LogP contribution in [0, 0.1) is 0 Å². The molecule has 0 saturated carbocycles. The summed E-state index contributed by atoms with van der Waals surface area (Å²) < 4.78 is 5.80. The van der Waals surface area contributed by atoms with Crippen LogP contribution >= 0.6 is 23.1 Å². The summed E-state index contributed by atoms with van der Waals surface area (Å²) in [5.41, 5.74) is 2.98. The number of aromatic nitrogens is 1. The Bertz CT molecular complexity index is 856. The van der Waals surface area contributed by atoms with E-state index < -0.39 is 0 Å². The van der Waals surface area contributed by atoms with E-state index in [1.165, 1.54) is 22.5 Å². The van der Waals surface area contributed by atoms with Gasteiger partial charge in [-0.3, -0.25) is 4.79 Å². The molecule has 1 aromatic heterocycles. The molecule has 2 heterocycles. The van der Waals surface area contributed by atoms with Gasteiger partial charge in [0.1, 0.15) is 0 Å². The molecule has 0 N–H and O–H groups in total. The van der Waals surface area contributed by atoms with Crippen molar-refractivity contribution in [2.24, 2.45) is 0 Å². The molecule has 7 heteroatoms. The number of carbonyl (C=O) groups excluding carboxylic acids is 2. The van der Waals surface area contributed by atoms with Crippen LogP contribution in [0.5, 0.6) is 0 Å². The zero-order chi connectivity index (χ0) is 21.0. The molecule has 5 nitrogen and oxygen atoms in total. The first kappa shape index (κ1) is 21.8. The van der Waals surface area contributed by atoms with Crippen molar-refractivity contribution in [1.82, 2.24) is 9.88 Å². The Kier molecular flexibility index (Phi) is 7.01. The van der Waals surface area contributed by atoms with E-state index in [4.69, 9.17) is 4.74 Å². The van der Waals surface area contributed by atoms with Gasteiger partial charge in [0.15, 0.2) is 10.0 Å². The SMILES string of the molecule is CCOC(=O)c1csc(SCCN2C(=O)CCC2c2ccc(C(C)(C)C)cc2)n1. The van der Waals surface area contributed by atoms with Crippen molar-refractivity contribution in [3.05, 3.63) is 46.5 Å². The summed E-state index contributed by atoms with van der Waals surface area (Å²) >= 11 is 3.01.